The number of nitrogens with zero attached hydrogens (tertiary/aromatic N) is 2. The lowest BCUT2D eigenvalue weighted by Crippen LogP contribution is -2.39. The zero-order valence-electron chi connectivity index (χ0n) is 19.9. The molecule has 2 aromatic rings. The summed E-state index contributed by atoms with van der Waals surface area (Å²) in [5.41, 5.74) is 1.34. The summed E-state index contributed by atoms with van der Waals surface area (Å²) in [7, 11) is 1.71. The van der Waals surface area contributed by atoms with Crippen LogP contribution in [0.2, 0.25) is 0 Å². The average Bonchev–Trinajstić information content (AvgIpc) is 3.34. The Bertz CT molecular complexity index is 775. The predicted molar refractivity (Wildman–Crippen MR) is 143 cm³/mol. The van der Waals surface area contributed by atoms with E-state index in [9.17, 15) is 0 Å². The predicted octanol–water partition coefficient (Wildman–Crippen LogP) is 4.28. The van der Waals surface area contributed by atoms with E-state index in [2.05, 4.69) is 34.6 Å². The molecular weight excluding hydrogens is 531 g/mol. The highest BCUT2D eigenvalue weighted by molar-refractivity contribution is 14.0. The number of halogens is 1. The molecule has 1 saturated heterocycles. The fourth-order valence-corrected chi connectivity index (χ4v) is 3.83. The molecule has 2 N–H and O–H groups in total. The smallest absolute Gasteiger partial charge is 0.191 e. The summed E-state index contributed by atoms with van der Waals surface area (Å²) in [4.78, 5) is 7.37. The maximum Gasteiger partial charge on any atom is 0.191 e. The molecule has 7 nitrogen and oxygen atoms in total. The minimum atomic E-state index is 0. The number of hydrogen-bond donors (Lipinski definition) is 2. The molecule has 2 heterocycles. The number of benzene rings is 1. The van der Waals surface area contributed by atoms with Gasteiger partial charge < -0.3 is 24.5 Å². The van der Waals surface area contributed by atoms with Gasteiger partial charge in [0.25, 0.3) is 0 Å². The molecule has 0 bridgehead atoms. The van der Waals surface area contributed by atoms with Gasteiger partial charge >= 0.3 is 0 Å². The molecular formula is C25H39IN4O3. The minimum Gasteiger partial charge on any atom is -0.497 e. The molecule has 1 aromatic heterocycles. The quantitative estimate of drug-likeness (QED) is 0.172. The SMILES string of the molecule is CCNC(=NCC1CCN(Cc2ccc(OC)cc2)CC1)NCCCOCc1ccco1.I. The van der Waals surface area contributed by atoms with Gasteiger partial charge in [0.15, 0.2) is 5.96 Å². The first-order chi connectivity index (χ1) is 15.8. The van der Waals surface area contributed by atoms with Crippen molar-refractivity contribution in [3.63, 3.8) is 0 Å². The van der Waals surface area contributed by atoms with Gasteiger partial charge in [-0.1, -0.05) is 12.1 Å². The van der Waals surface area contributed by atoms with Crippen LogP contribution >= 0.6 is 24.0 Å². The zero-order valence-corrected chi connectivity index (χ0v) is 22.3. The highest BCUT2D eigenvalue weighted by Gasteiger charge is 2.19. The number of nitrogens with one attached hydrogen (secondary N) is 2. The second-order valence-electron chi connectivity index (χ2n) is 8.20. The number of hydrogen-bond acceptors (Lipinski definition) is 5. The lowest BCUT2D eigenvalue weighted by atomic mass is 9.96. The van der Waals surface area contributed by atoms with Gasteiger partial charge in [0.05, 0.1) is 13.4 Å². The average molecular weight is 571 g/mol. The third-order valence-electron chi connectivity index (χ3n) is 5.71. The Hall–Kier alpha value is -1.78. The van der Waals surface area contributed by atoms with Crippen LogP contribution in [0.15, 0.2) is 52.1 Å². The molecule has 0 aliphatic carbocycles. The van der Waals surface area contributed by atoms with E-state index in [1.165, 1.54) is 18.4 Å². The van der Waals surface area contributed by atoms with Crippen molar-refractivity contribution in [3.05, 3.63) is 54.0 Å². The van der Waals surface area contributed by atoms with Gasteiger partial charge in [0.2, 0.25) is 0 Å². The fraction of sp³-hybridized carbons (Fsp3) is 0.560. The Morgan fingerprint density at radius 2 is 1.94 bits per heavy atom. The molecule has 0 atom stereocenters. The van der Waals surface area contributed by atoms with Crippen LogP contribution in [0.25, 0.3) is 0 Å². The van der Waals surface area contributed by atoms with Gasteiger partial charge in [-0.3, -0.25) is 9.89 Å². The maximum absolute atomic E-state index is 5.63. The first-order valence-corrected chi connectivity index (χ1v) is 11.7. The number of piperidine rings is 1. The summed E-state index contributed by atoms with van der Waals surface area (Å²) in [6.07, 6.45) is 4.98. The number of aliphatic imine (C=N–C) groups is 1. The Kier molecular flexibility index (Phi) is 13.3. The second-order valence-corrected chi connectivity index (χ2v) is 8.20. The molecule has 1 fully saturated rings. The highest BCUT2D eigenvalue weighted by atomic mass is 127. The Balaban J connectivity index is 0.00000385. The molecule has 0 saturated carbocycles. The monoisotopic (exact) mass is 570 g/mol. The number of methoxy groups -OCH3 is 1. The second kappa shape index (κ2) is 16.0. The maximum atomic E-state index is 5.63. The van der Waals surface area contributed by atoms with Gasteiger partial charge in [-0.05, 0) is 75.0 Å². The van der Waals surface area contributed by atoms with Crippen molar-refractivity contribution in [2.75, 3.05) is 46.4 Å². The third kappa shape index (κ3) is 10.4. The van der Waals surface area contributed by atoms with Gasteiger partial charge in [-0.15, -0.1) is 24.0 Å². The van der Waals surface area contributed by atoms with Crippen molar-refractivity contribution in [2.45, 2.75) is 39.3 Å². The van der Waals surface area contributed by atoms with Gasteiger partial charge in [-0.2, -0.15) is 0 Å². The van der Waals surface area contributed by atoms with Crippen molar-refractivity contribution < 1.29 is 13.9 Å². The van der Waals surface area contributed by atoms with Crippen LogP contribution in [0.3, 0.4) is 0 Å². The number of rotatable bonds is 12. The van der Waals surface area contributed by atoms with E-state index in [1.54, 1.807) is 13.4 Å². The molecule has 0 radical (unpaired) electrons. The van der Waals surface area contributed by atoms with Crippen molar-refractivity contribution in [1.82, 2.24) is 15.5 Å². The summed E-state index contributed by atoms with van der Waals surface area (Å²) in [6.45, 7) is 9.16. The Morgan fingerprint density at radius 1 is 1.15 bits per heavy atom. The van der Waals surface area contributed by atoms with Crippen LogP contribution in [0.1, 0.15) is 37.5 Å². The lowest BCUT2D eigenvalue weighted by Gasteiger charge is -2.31. The molecule has 0 amide bonds. The fourth-order valence-electron chi connectivity index (χ4n) is 3.83. The van der Waals surface area contributed by atoms with E-state index in [0.29, 0.717) is 19.1 Å². The molecule has 1 aliphatic rings. The van der Waals surface area contributed by atoms with Crippen molar-refractivity contribution >= 4 is 29.9 Å². The number of furan rings is 1. The molecule has 3 rings (SSSR count). The van der Waals surface area contributed by atoms with Crippen molar-refractivity contribution in [1.29, 1.82) is 0 Å². The summed E-state index contributed by atoms with van der Waals surface area (Å²) >= 11 is 0. The Labute approximate surface area is 215 Å². The molecule has 0 unspecified atom stereocenters. The largest absolute Gasteiger partial charge is 0.497 e. The van der Waals surface area contributed by atoms with Crippen LogP contribution in [-0.2, 0) is 17.9 Å². The van der Waals surface area contributed by atoms with E-state index in [1.807, 2.05) is 24.3 Å². The number of guanidine groups is 1. The normalized spacial score (nSPS) is 15.2. The van der Waals surface area contributed by atoms with E-state index in [4.69, 9.17) is 18.9 Å². The third-order valence-corrected chi connectivity index (χ3v) is 5.71. The van der Waals surface area contributed by atoms with E-state index in [-0.39, 0.29) is 24.0 Å². The molecule has 33 heavy (non-hydrogen) atoms. The molecule has 1 aromatic carbocycles. The molecule has 8 heteroatoms. The summed E-state index contributed by atoms with van der Waals surface area (Å²) in [5.74, 6) is 3.33. The molecule has 0 spiro atoms. The molecule has 1 aliphatic heterocycles. The summed E-state index contributed by atoms with van der Waals surface area (Å²) in [6, 6.07) is 12.2. The minimum absolute atomic E-state index is 0. The summed E-state index contributed by atoms with van der Waals surface area (Å²) < 4.78 is 16.1. The van der Waals surface area contributed by atoms with E-state index >= 15 is 0 Å². The number of likely N-dealkylation sites (tertiary alicyclic amines) is 1. The summed E-state index contributed by atoms with van der Waals surface area (Å²) in [5, 5.41) is 6.77. The van der Waals surface area contributed by atoms with Gasteiger partial charge in [0, 0.05) is 32.8 Å². The van der Waals surface area contributed by atoms with E-state index < -0.39 is 0 Å². The number of ether oxygens (including phenoxy) is 2. The van der Waals surface area contributed by atoms with Crippen LogP contribution in [0.4, 0.5) is 0 Å². The van der Waals surface area contributed by atoms with Crippen molar-refractivity contribution in [3.8, 4) is 5.75 Å². The van der Waals surface area contributed by atoms with Crippen molar-refractivity contribution in [2.24, 2.45) is 10.9 Å². The first kappa shape index (κ1) is 27.5. The molecule has 184 valence electrons. The van der Waals surface area contributed by atoms with E-state index in [0.717, 1.165) is 63.2 Å². The zero-order chi connectivity index (χ0) is 22.4. The standard InChI is InChI=1S/C25H38N4O3.HI/c1-3-26-25(27-13-5-16-31-20-24-6-4-17-32-24)28-18-21-11-14-29(15-12-21)19-22-7-9-23(30-2)10-8-22;/h4,6-10,17,21H,3,5,11-16,18-20H2,1-2H3,(H2,26,27,28);1H. The van der Waals surface area contributed by atoms with Crippen LogP contribution in [0.5, 0.6) is 5.75 Å². The Morgan fingerprint density at radius 3 is 2.61 bits per heavy atom. The van der Waals surface area contributed by atoms with Gasteiger partial charge in [-0.25, -0.2) is 0 Å². The topological polar surface area (TPSA) is 71.3 Å². The lowest BCUT2D eigenvalue weighted by molar-refractivity contribution is 0.105. The first-order valence-electron chi connectivity index (χ1n) is 11.7. The van der Waals surface area contributed by atoms with Crippen LogP contribution in [-0.4, -0.2) is 57.3 Å². The highest BCUT2D eigenvalue weighted by Crippen LogP contribution is 2.20. The van der Waals surface area contributed by atoms with Crippen LogP contribution in [0, 0.1) is 5.92 Å². The van der Waals surface area contributed by atoms with Gasteiger partial charge in [0.1, 0.15) is 18.1 Å². The van der Waals surface area contributed by atoms with Crippen LogP contribution < -0.4 is 15.4 Å².